The van der Waals surface area contributed by atoms with Gasteiger partial charge < -0.3 is 25.7 Å². The summed E-state index contributed by atoms with van der Waals surface area (Å²) in [7, 11) is 0. The maximum absolute atomic E-state index is 12.8. The van der Waals surface area contributed by atoms with Crippen LogP contribution in [0.3, 0.4) is 0 Å². The summed E-state index contributed by atoms with van der Waals surface area (Å²) in [4.78, 5) is 29.6. The molecule has 0 atom stereocenters. The van der Waals surface area contributed by atoms with Crippen LogP contribution in [-0.2, 0) is 6.54 Å². The molecule has 0 spiro atoms. The zero-order valence-corrected chi connectivity index (χ0v) is 20.3. The van der Waals surface area contributed by atoms with Crippen molar-refractivity contribution in [1.29, 1.82) is 0 Å². The van der Waals surface area contributed by atoms with Crippen LogP contribution in [0.25, 0.3) is 0 Å². The van der Waals surface area contributed by atoms with Gasteiger partial charge in [0, 0.05) is 43.3 Å². The number of nitrogens with one attached hydrogen (secondary N) is 4. The molecule has 0 aliphatic rings. The van der Waals surface area contributed by atoms with Crippen molar-refractivity contribution in [2.24, 2.45) is 0 Å². The van der Waals surface area contributed by atoms with Crippen LogP contribution in [0.1, 0.15) is 37.8 Å². The molecule has 2 heterocycles. The van der Waals surface area contributed by atoms with Gasteiger partial charge in [-0.15, -0.1) is 0 Å². The van der Waals surface area contributed by atoms with Crippen LogP contribution in [0.15, 0.2) is 83.5 Å². The second kappa shape index (κ2) is 11.7. The molecule has 0 saturated heterocycles. The van der Waals surface area contributed by atoms with Gasteiger partial charge in [0.15, 0.2) is 5.76 Å². The van der Waals surface area contributed by atoms with Gasteiger partial charge in [0.2, 0.25) is 0 Å². The molecule has 0 aliphatic carbocycles. The molecule has 0 aliphatic heterocycles. The molecule has 36 heavy (non-hydrogen) atoms. The number of para-hydroxylation sites is 1. The molecule has 2 amide bonds. The lowest BCUT2D eigenvalue weighted by Gasteiger charge is -2.15. The highest BCUT2D eigenvalue weighted by molar-refractivity contribution is 6.05. The smallest absolute Gasteiger partial charge is 0.291 e. The van der Waals surface area contributed by atoms with E-state index in [9.17, 15) is 9.59 Å². The Bertz CT molecular complexity index is 1330. The van der Waals surface area contributed by atoms with Crippen molar-refractivity contribution in [2.75, 3.05) is 29.0 Å². The number of carbonyl (C=O) groups is 2. The summed E-state index contributed by atoms with van der Waals surface area (Å²) in [5.74, 6) is 0.198. The Morgan fingerprint density at radius 3 is 2.36 bits per heavy atom. The topological polar surface area (TPSA) is 108 Å². The largest absolute Gasteiger partial charge is 0.456 e. The molecular weight excluding hydrogens is 454 g/mol. The second-order valence-electron chi connectivity index (χ2n) is 8.34. The van der Waals surface area contributed by atoms with Crippen LogP contribution >= 0.6 is 0 Å². The minimum absolute atomic E-state index is 0.200. The number of aromatic nitrogens is 1. The SMILES string of the molecule is Cc1ccc(C(=O)Nc2cc(C(=O)NCc3cccnc3)ccc2NCCNc2ccccc2C)o1. The number of aryl methyl sites for hydroxylation is 2. The molecule has 0 saturated carbocycles. The Hall–Kier alpha value is -4.59. The van der Waals surface area contributed by atoms with Gasteiger partial charge in [0.05, 0.1) is 11.4 Å². The molecule has 2 aromatic carbocycles. The predicted octanol–water partition coefficient (Wildman–Crippen LogP) is 5.00. The maximum Gasteiger partial charge on any atom is 0.291 e. The normalized spacial score (nSPS) is 10.5. The number of furan rings is 1. The van der Waals surface area contributed by atoms with Crippen LogP contribution in [0.2, 0.25) is 0 Å². The number of hydrogen-bond acceptors (Lipinski definition) is 6. The molecule has 0 fully saturated rings. The maximum atomic E-state index is 12.8. The van der Waals surface area contributed by atoms with Crippen molar-refractivity contribution in [2.45, 2.75) is 20.4 Å². The third-order valence-corrected chi connectivity index (χ3v) is 5.57. The van der Waals surface area contributed by atoms with E-state index in [2.05, 4.69) is 39.2 Å². The average molecular weight is 484 g/mol. The summed E-state index contributed by atoms with van der Waals surface area (Å²) in [6, 6.07) is 20.3. The lowest BCUT2D eigenvalue weighted by Crippen LogP contribution is -2.23. The molecule has 184 valence electrons. The van der Waals surface area contributed by atoms with Gasteiger partial charge >= 0.3 is 0 Å². The number of rotatable bonds is 10. The number of carbonyl (C=O) groups excluding carboxylic acids is 2. The minimum atomic E-state index is -0.392. The lowest BCUT2D eigenvalue weighted by atomic mass is 10.1. The van der Waals surface area contributed by atoms with E-state index in [0.29, 0.717) is 42.3 Å². The zero-order valence-electron chi connectivity index (χ0n) is 20.3. The minimum Gasteiger partial charge on any atom is -0.456 e. The van der Waals surface area contributed by atoms with E-state index in [1.54, 1.807) is 49.6 Å². The van der Waals surface area contributed by atoms with Crippen molar-refractivity contribution in [1.82, 2.24) is 10.3 Å². The van der Waals surface area contributed by atoms with Crippen LogP contribution in [0, 0.1) is 13.8 Å². The summed E-state index contributed by atoms with van der Waals surface area (Å²) in [6.45, 7) is 5.45. The first-order chi connectivity index (χ1) is 17.5. The molecule has 8 nitrogen and oxygen atoms in total. The zero-order chi connectivity index (χ0) is 25.3. The van der Waals surface area contributed by atoms with E-state index < -0.39 is 5.91 Å². The van der Waals surface area contributed by atoms with Gasteiger partial charge in [-0.25, -0.2) is 0 Å². The summed E-state index contributed by atoms with van der Waals surface area (Å²) in [6.07, 6.45) is 3.39. The van der Waals surface area contributed by atoms with Crippen molar-refractivity contribution in [3.05, 3.63) is 107 Å². The van der Waals surface area contributed by atoms with Gasteiger partial charge in [0.1, 0.15) is 5.76 Å². The Balaban J connectivity index is 1.46. The fourth-order valence-corrected chi connectivity index (χ4v) is 3.64. The lowest BCUT2D eigenvalue weighted by molar-refractivity contribution is 0.0949. The number of amides is 2. The molecule has 4 N–H and O–H groups in total. The first-order valence-electron chi connectivity index (χ1n) is 11.7. The highest BCUT2D eigenvalue weighted by atomic mass is 16.3. The van der Waals surface area contributed by atoms with E-state index in [1.807, 2.05) is 30.3 Å². The van der Waals surface area contributed by atoms with Gasteiger partial charge in [-0.2, -0.15) is 0 Å². The third-order valence-electron chi connectivity index (χ3n) is 5.57. The quantitative estimate of drug-likeness (QED) is 0.237. The molecule has 2 aromatic heterocycles. The number of hydrogen-bond donors (Lipinski definition) is 4. The molecular formula is C28H29N5O3. The van der Waals surface area contributed by atoms with Crippen LogP contribution in [0.4, 0.5) is 17.1 Å². The number of anilines is 3. The Morgan fingerprint density at radius 2 is 1.64 bits per heavy atom. The Labute approximate surface area is 210 Å². The third kappa shape index (κ3) is 6.50. The summed E-state index contributed by atoms with van der Waals surface area (Å²) >= 11 is 0. The summed E-state index contributed by atoms with van der Waals surface area (Å²) in [5.41, 5.74) is 4.74. The van der Waals surface area contributed by atoms with Crippen LogP contribution in [-0.4, -0.2) is 29.9 Å². The highest BCUT2D eigenvalue weighted by Gasteiger charge is 2.15. The fourth-order valence-electron chi connectivity index (χ4n) is 3.64. The average Bonchev–Trinajstić information content (AvgIpc) is 3.34. The molecule has 8 heteroatoms. The second-order valence-corrected chi connectivity index (χ2v) is 8.34. The van der Waals surface area contributed by atoms with E-state index in [0.717, 1.165) is 11.3 Å². The van der Waals surface area contributed by atoms with Crippen molar-refractivity contribution < 1.29 is 14.0 Å². The number of nitrogens with zero attached hydrogens (tertiary/aromatic N) is 1. The predicted molar refractivity (Wildman–Crippen MR) is 141 cm³/mol. The van der Waals surface area contributed by atoms with E-state index in [-0.39, 0.29) is 11.7 Å². The fraction of sp³-hybridized carbons (Fsp3) is 0.179. The van der Waals surface area contributed by atoms with Crippen LogP contribution in [0.5, 0.6) is 0 Å². The van der Waals surface area contributed by atoms with Crippen molar-refractivity contribution in [3.63, 3.8) is 0 Å². The van der Waals surface area contributed by atoms with Gasteiger partial charge in [-0.05, 0) is 67.4 Å². The Morgan fingerprint density at radius 1 is 0.833 bits per heavy atom. The Kier molecular flexibility index (Phi) is 7.97. The first kappa shape index (κ1) is 24.5. The summed E-state index contributed by atoms with van der Waals surface area (Å²) in [5, 5.41) is 12.5. The molecule has 0 radical (unpaired) electrons. The molecule has 0 unspecified atom stereocenters. The highest BCUT2D eigenvalue weighted by Crippen LogP contribution is 2.25. The summed E-state index contributed by atoms with van der Waals surface area (Å²) < 4.78 is 5.45. The number of benzene rings is 2. The molecule has 4 rings (SSSR count). The van der Waals surface area contributed by atoms with Crippen molar-refractivity contribution >= 4 is 28.9 Å². The van der Waals surface area contributed by atoms with E-state index >= 15 is 0 Å². The molecule has 4 aromatic rings. The van der Waals surface area contributed by atoms with Gasteiger partial charge in [-0.3, -0.25) is 14.6 Å². The van der Waals surface area contributed by atoms with E-state index in [4.69, 9.17) is 4.42 Å². The van der Waals surface area contributed by atoms with Crippen molar-refractivity contribution in [3.8, 4) is 0 Å². The number of pyridine rings is 1. The van der Waals surface area contributed by atoms with Gasteiger partial charge in [-0.1, -0.05) is 24.3 Å². The standard InChI is InChI=1S/C28H29N5O3/c1-19-6-3-4-8-23(19)30-14-15-31-24-11-10-22(27(34)32-18-21-7-5-13-29-17-21)16-25(24)33-28(35)26-12-9-20(2)36-26/h3-13,16-17,30-31H,14-15,18H2,1-2H3,(H,32,34)(H,33,35). The van der Waals surface area contributed by atoms with Gasteiger partial charge in [0.25, 0.3) is 11.8 Å². The monoisotopic (exact) mass is 483 g/mol. The van der Waals surface area contributed by atoms with E-state index in [1.165, 1.54) is 5.56 Å². The first-order valence-corrected chi connectivity index (χ1v) is 11.7. The van der Waals surface area contributed by atoms with Crippen LogP contribution < -0.4 is 21.3 Å². The molecule has 0 bridgehead atoms.